The van der Waals surface area contributed by atoms with Gasteiger partial charge in [-0.05, 0) is 36.2 Å². The molecule has 22 heavy (non-hydrogen) atoms. The number of nitrogens with one attached hydrogen (secondary N) is 1. The average Bonchev–Trinajstić information content (AvgIpc) is 2.56. The van der Waals surface area contributed by atoms with Crippen LogP contribution in [-0.4, -0.2) is 31.0 Å². The molecular weight excluding hydrogens is 296 g/mol. The van der Waals surface area contributed by atoms with E-state index in [1.54, 1.807) is 18.8 Å². The predicted octanol–water partition coefficient (Wildman–Crippen LogP) is 4.05. The maximum absolute atomic E-state index is 11.6. The van der Waals surface area contributed by atoms with Gasteiger partial charge in [-0.25, -0.2) is 9.86 Å². The molecule has 2 amide bonds. The highest BCUT2D eigenvalue weighted by atomic mass is 32.2. The van der Waals surface area contributed by atoms with Crippen molar-refractivity contribution >= 4 is 23.5 Å². The van der Waals surface area contributed by atoms with Crippen LogP contribution >= 0.6 is 11.8 Å². The summed E-state index contributed by atoms with van der Waals surface area (Å²) in [6, 6.07) is 18.0. The standard InChI is InChI=1S/C17H20N2O2S/c1-19(21-2)17(20)18-15-8-10-16(11-9-15)22-13-12-14-6-4-3-5-7-14/h3-11H,12-13H2,1-2H3,(H,18,20). The molecule has 0 aliphatic heterocycles. The summed E-state index contributed by atoms with van der Waals surface area (Å²) in [5, 5.41) is 3.90. The molecule has 2 aromatic rings. The van der Waals surface area contributed by atoms with Crippen molar-refractivity contribution in [3.63, 3.8) is 0 Å². The number of hydrogen-bond donors (Lipinski definition) is 1. The van der Waals surface area contributed by atoms with Gasteiger partial charge in [-0.3, -0.25) is 4.84 Å². The Morgan fingerprint density at radius 1 is 1.14 bits per heavy atom. The summed E-state index contributed by atoms with van der Waals surface area (Å²) in [6.07, 6.45) is 1.04. The molecule has 0 saturated carbocycles. The third-order valence-corrected chi connectivity index (χ3v) is 4.18. The Morgan fingerprint density at radius 2 is 1.82 bits per heavy atom. The van der Waals surface area contributed by atoms with E-state index in [-0.39, 0.29) is 6.03 Å². The van der Waals surface area contributed by atoms with Gasteiger partial charge in [-0.2, -0.15) is 0 Å². The van der Waals surface area contributed by atoms with Gasteiger partial charge in [0.05, 0.1) is 7.11 Å². The van der Waals surface area contributed by atoms with E-state index >= 15 is 0 Å². The van der Waals surface area contributed by atoms with Gasteiger partial charge >= 0.3 is 6.03 Å². The maximum Gasteiger partial charge on any atom is 0.345 e. The molecule has 2 aromatic carbocycles. The van der Waals surface area contributed by atoms with Crippen molar-refractivity contribution in [1.29, 1.82) is 0 Å². The summed E-state index contributed by atoms with van der Waals surface area (Å²) >= 11 is 1.81. The molecule has 0 fully saturated rings. The second kappa shape index (κ2) is 8.46. The number of urea groups is 1. The van der Waals surface area contributed by atoms with Gasteiger partial charge in [0.1, 0.15) is 0 Å². The average molecular weight is 316 g/mol. The van der Waals surface area contributed by atoms with Gasteiger partial charge in [0.2, 0.25) is 0 Å². The van der Waals surface area contributed by atoms with Gasteiger partial charge < -0.3 is 5.32 Å². The van der Waals surface area contributed by atoms with Crippen molar-refractivity contribution in [2.45, 2.75) is 11.3 Å². The number of nitrogens with zero attached hydrogens (tertiary/aromatic N) is 1. The summed E-state index contributed by atoms with van der Waals surface area (Å²) in [5.41, 5.74) is 2.10. The first-order valence-corrected chi connectivity index (χ1v) is 8.03. The Bertz CT molecular complexity index is 587. The summed E-state index contributed by atoms with van der Waals surface area (Å²) in [7, 11) is 3.01. The number of hydroxylamine groups is 2. The van der Waals surface area contributed by atoms with Crippen molar-refractivity contribution < 1.29 is 9.63 Å². The van der Waals surface area contributed by atoms with Gasteiger partial charge in [-0.1, -0.05) is 30.3 Å². The first-order valence-electron chi connectivity index (χ1n) is 7.04. The molecule has 0 aliphatic carbocycles. The molecule has 5 heteroatoms. The van der Waals surface area contributed by atoms with Gasteiger partial charge in [-0.15, -0.1) is 11.8 Å². The van der Waals surface area contributed by atoms with Crippen LogP contribution in [0.15, 0.2) is 59.5 Å². The minimum absolute atomic E-state index is 0.299. The lowest BCUT2D eigenvalue weighted by molar-refractivity contribution is -0.0598. The molecular formula is C17H20N2O2S. The van der Waals surface area contributed by atoms with Crippen LogP contribution in [-0.2, 0) is 11.3 Å². The second-order valence-electron chi connectivity index (χ2n) is 4.72. The van der Waals surface area contributed by atoms with E-state index in [4.69, 9.17) is 4.84 Å². The molecule has 116 valence electrons. The number of rotatable bonds is 6. The molecule has 0 heterocycles. The largest absolute Gasteiger partial charge is 0.345 e. The van der Waals surface area contributed by atoms with Crippen LogP contribution in [0, 0.1) is 0 Å². The smallest absolute Gasteiger partial charge is 0.306 e. The summed E-state index contributed by atoms with van der Waals surface area (Å²) < 4.78 is 0. The Kier molecular flexibility index (Phi) is 6.30. The second-order valence-corrected chi connectivity index (χ2v) is 5.89. The molecule has 0 bridgehead atoms. The van der Waals surface area contributed by atoms with E-state index in [9.17, 15) is 4.79 Å². The van der Waals surface area contributed by atoms with E-state index in [2.05, 4.69) is 29.6 Å². The van der Waals surface area contributed by atoms with Crippen LogP contribution in [0.3, 0.4) is 0 Å². The molecule has 0 aromatic heterocycles. The minimum Gasteiger partial charge on any atom is -0.306 e. The number of amides is 2. The zero-order valence-corrected chi connectivity index (χ0v) is 13.6. The molecule has 0 saturated heterocycles. The van der Waals surface area contributed by atoms with Crippen LogP contribution in [0.4, 0.5) is 10.5 Å². The van der Waals surface area contributed by atoms with Gasteiger partial charge in [0, 0.05) is 23.4 Å². The number of carbonyl (C=O) groups is 1. The third kappa shape index (κ3) is 5.09. The molecule has 0 spiro atoms. The lowest BCUT2D eigenvalue weighted by atomic mass is 10.2. The topological polar surface area (TPSA) is 41.6 Å². The lowest BCUT2D eigenvalue weighted by Gasteiger charge is -2.14. The Hall–Kier alpha value is -1.98. The Morgan fingerprint density at radius 3 is 2.45 bits per heavy atom. The number of benzene rings is 2. The van der Waals surface area contributed by atoms with Gasteiger partial charge in [0.15, 0.2) is 0 Å². The fourth-order valence-corrected chi connectivity index (χ4v) is 2.75. The molecule has 0 atom stereocenters. The highest BCUT2D eigenvalue weighted by Gasteiger charge is 2.07. The van der Waals surface area contributed by atoms with Crippen molar-refractivity contribution in [3.8, 4) is 0 Å². The normalized spacial score (nSPS) is 10.3. The number of hydrogen-bond acceptors (Lipinski definition) is 3. The fraction of sp³-hybridized carbons (Fsp3) is 0.235. The van der Waals surface area contributed by atoms with Crippen LogP contribution in [0.5, 0.6) is 0 Å². The van der Waals surface area contributed by atoms with E-state index < -0.39 is 0 Å². The zero-order valence-electron chi connectivity index (χ0n) is 12.8. The number of thioether (sulfide) groups is 1. The molecule has 0 unspecified atom stereocenters. The van der Waals surface area contributed by atoms with Crippen molar-refractivity contribution in [1.82, 2.24) is 5.06 Å². The van der Waals surface area contributed by atoms with Crippen LogP contribution in [0.1, 0.15) is 5.56 Å². The van der Waals surface area contributed by atoms with Crippen LogP contribution < -0.4 is 5.32 Å². The predicted molar refractivity (Wildman–Crippen MR) is 91.1 cm³/mol. The first kappa shape index (κ1) is 16.4. The molecule has 4 nitrogen and oxygen atoms in total. The van der Waals surface area contributed by atoms with Crippen molar-refractivity contribution in [2.24, 2.45) is 0 Å². The Balaban J connectivity index is 1.80. The van der Waals surface area contributed by atoms with E-state index in [1.807, 2.05) is 30.3 Å². The maximum atomic E-state index is 11.6. The fourth-order valence-electron chi connectivity index (χ4n) is 1.85. The van der Waals surface area contributed by atoms with Crippen LogP contribution in [0.25, 0.3) is 0 Å². The first-order chi connectivity index (χ1) is 10.7. The summed E-state index contributed by atoms with van der Waals surface area (Å²) in [5.74, 6) is 1.03. The number of anilines is 1. The van der Waals surface area contributed by atoms with E-state index in [0.717, 1.165) is 22.9 Å². The Labute approximate surface area is 135 Å². The monoisotopic (exact) mass is 316 g/mol. The zero-order chi connectivity index (χ0) is 15.8. The SMILES string of the molecule is CON(C)C(=O)Nc1ccc(SCCc2ccccc2)cc1. The summed E-state index contributed by atoms with van der Waals surface area (Å²) in [4.78, 5) is 17.7. The highest BCUT2D eigenvalue weighted by molar-refractivity contribution is 7.99. The number of aryl methyl sites for hydroxylation is 1. The van der Waals surface area contributed by atoms with E-state index in [0.29, 0.717) is 0 Å². The minimum atomic E-state index is -0.299. The van der Waals surface area contributed by atoms with Crippen molar-refractivity contribution in [2.75, 3.05) is 25.2 Å². The number of carbonyl (C=O) groups excluding carboxylic acids is 1. The molecule has 2 rings (SSSR count). The highest BCUT2D eigenvalue weighted by Crippen LogP contribution is 2.21. The third-order valence-electron chi connectivity index (χ3n) is 3.17. The van der Waals surface area contributed by atoms with E-state index in [1.165, 1.54) is 17.6 Å². The molecule has 0 radical (unpaired) electrons. The molecule has 1 N–H and O–H groups in total. The summed E-state index contributed by atoms with van der Waals surface area (Å²) in [6.45, 7) is 0. The van der Waals surface area contributed by atoms with Crippen LogP contribution in [0.2, 0.25) is 0 Å². The quantitative estimate of drug-likeness (QED) is 0.646. The van der Waals surface area contributed by atoms with Crippen molar-refractivity contribution in [3.05, 3.63) is 60.2 Å². The van der Waals surface area contributed by atoms with Gasteiger partial charge in [0.25, 0.3) is 0 Å². The molecule has 0 aliphatic rings. The lowest BCUT2D eigenvalue weighted by Crippen LogP contribution is -2.30.